The Hall–Kier alpha value is -2.30. The van der Waals surface area contributed by atoms with Gasteiger partial charge in [0.15, 0.2) is 0 Å². The minimum Gasteiger partial charge on any atom is -0.467 e. The van der Waals surface area contributed by atoms with Gasteiger partial charge in [-0.3, -0.25) is 4.79 Å². The van der Waals surface area contributed by atoms with Crippen molar-refractivity contribution in [3.8, 4) is 0 Å². The minimum atomic E-state index is -0.644. The Balaban J connectivity index is 2.19. The number of esters is 1. The summed E-state index contributed by atoms with van der Waals surface area (Å²) in [6.45, 7) is 3.72. The van der Waals surface area contributed by atoms with Gasteiger partial charge < -0.3 is 15.0 Å². The van der Waals surface area contributed by atoms with Crippen LogP contribution in [0.3, 0.4) is 0 Å². The summed E-state index contributed by atoms with van der Waals surface area (Å²) in [5.41, 5.74) is 1.49. The lowest BCUT2D eigenvalue weighted by Crippen LogP contribution is -2.45. The van der Waals surface area contributed by atoms with Crippen LogP contribution in [0.4, 0.5) is 0 Å². The predicted molar refractivity (Wildman–Crippen MR) is 76.4 cm³/mol. The molecule has 20 heavy (non-hydrogen) atoms. The van der Waals surface area contributed by atoms with Gasteiger partial charge >= 0.3 is 5.97 Å². The molecular formula is C15H18N2O3. The third-order valence-corrected chi connectivity index (χ3v) is 3.22. The summed E-state index contributed by atoms with van der Waals surface area (Å²) < 4.78 is 4.71. The molecule has 106 valence electrons. The second-order valence-electron chi connectivity index (χ2n) is 5.00. The van der Waals surface area contributed by atoms with Gasteiger partial charge in [-0.05, 0) is 30.2 Å². The van der Waals surface area contributed by atoms with E-state index < -0.39 is 12.0 Å². The summed E-state index contributed by atoms with van der Waals surface area (Å²) in [7, 11) is 1.32. The van der Waals surface area contributed by atoms with Gasteiger partial charge in [0.25, 0.3) is 5.91 Å². The lowest BCUT2D eigenvalue weighted by atomic mass is 10.0. The Labute approximate surface area is 117 Å². The molecule has 1 atom stereocenters. The van der Waals surface area contributed by atoms with Gasteiger partial charge in [0.05, 0.1) is 7.11 Å². The average molecular weight is 274 g/mol. The van der Waals surface area contributed by atoms with Gasteiger partial charge in [-0.15, -0.1) is 0 Å². The van der Waals surface area contributed by atoms with E-state index in [4.69, 9.17) is 4.74 Å². The minimum absolute atomic E-state index is 0.0395. The second kappa shape index (κ2) is 5.77. The molecule has 0 aliphatic rings. The number of aromatic nitrogens is 1. The summed E-state index contributed by atoms with van der Waals surface area (Å²) >= 11 is 0. The molecular weight excluding hydrogens is 256 g/mol. The molecule has 0 saturated carbocycles. The van der Waals surface area contributed by atoms with Crippen LogP contribution in [0.2, 0.25) is 0 Å². The van der Waals surface area contributed by atoms with Crippen molar-refractivity contribution in [3.05, 3.63) is 36.0 Å². The number of H-pyrrole nitrogens is 1. The number of hydrogen-bond donors (Lipinski definition) is 2. The number of ether oxygens (including phenoxy) is 1. The highest BCUT2D eigenvalue weighted by atomic mass is 16.5. The monoisotopic (exact) mass is 274 g/mol. The third kappa shape index (κ3) is 2.82. The van der Waals surface area contributed by atoms with Crippen LogP contribution in [0.15, 0.2) is 30.5 Å². The van der Waals surface area contributed by atoms with Crippen molar-refractivity contribution in [2.45, 2.75) is 19.9 Å². The van der Waals surface area contributed by atoms with Crippen LogP contribution in [0.25, 0.3) is 10.9 Å². The van der Waals surface area contributed by atoms with Crippen molar-refractivity contribution in [3.63, 3.8) is 0 Å². The highest BCUT2D eigenvalue weighted by Crippen LogP contribution is 2.15. The van der Waals surface area contributed by atoms with E-state index in [0.717, 1.165) is 10.9 Å². The molecule has 0 unspecified atom stereocenters. The van der Waals surface area contributed by atoms with E-state index in [-0.39, 0.29) is 11.8 Å². The number of amides is 1. The zero-order chi connectivity index (χ0) is 14.7. The molecule has 1 heterocycles. The van der Waals surface area contributed by atoms with Crippen molar-refractivity contribution in [2.24, 2.45) is 5.92 Å². The molecule has 0 radical (unpaired) electrons. The molecule has 5 nitrogen and oxygen atoms in total. The van der Waals surface area contributed by atoms with Gasteiger partial charge in [0.2, 0.25) is 0 Å². The predicted octanol–water partition coefficient (Wildman–Crippen LogP) is 2.10. The molecule has 1 aromatic carbocycles. The molecule has 2 aromatic rings. The highest BCUT2D eigenvalue weighted by molar-refractivity contribution is 5.99. The van der Waals surface area contributed by atoms with E-state index in [1.54, 1.807) is 12.1 Å². The van der Waals surface area contributed by atoms with Crippen LogP contribution in [0.5, 0.6) is 0 Å². The van der Waals surface area contributed by atoms with E-state index >= 15 is 0 Å². The molecule has 0 aliphatic heterocycles. The summed E-state index contributed by atoms with van der Waals surface area (Å²) in [5.74, 6) is -0.754. The quantitative estimate of drug-likeness (QED) is 0.839. The molecule has 0 spiro atoms. The first-order chi connectivity index (χ1) is 9.52. The van der Waals surface area contributed by atoms with E-state index in [2.05, 4.69) is 10.3 Å². The zero-order valence-electron chi connectivity index (χ0n) is 11.8. The number of nitrogens with one attached hydrogen (secondary N) is 2. The number of methoxy groups -OCH3 is 1. The Morgan fingerprint density at radius 3 is 2.65 bits per heavy atom. The third-order valence-electron chi connectivity index (χ3n) is 3.22. The summed E-state index contributed by atoms with van der Waals surface area (Å²) in [6, 6.07) is 6.60. The molecule has 1 amide bonds. The maximum absolute atomic E-state index is 12.2. The number of aromatic amines is 1. The van der Waals surface area contributed by atoms with Crippen LogP contribution in [0, 0.1) is 5.92 Å². The highest BCUT2D eigenvalue weighted by Gasteiger charge is 2.25. The van der Waals surface area contributed by atoms with Gasteiger partial charge in [-0.1, -0.05) is 13.8 Å². The molecule has 2 rings (SSSR count). The van der Waals surface area contributed by atoms with Crippen LogP contribution < -0.4 is 5.32 Å². The topological polar surface area (TPSA) is 71.2 Å². The largest absolute Gasteiger partial charge is 0.467 e. The number of benzene rings is 1. The molecule has 2 N–H and O–H groups in total. The van der Waals surface area contributed by atoms with Crippen molar-refractivity contribution >= 4 is 22.8 Å². The smallest absolute Gasteiger partial charge is 0.328 e. The van der Waals surface area contributed by atoms with Gasteiger partial charge in [-0.2, -0.15) is 0 Å². The zero-order valence-corrected chi connectivity index (χ0v) is 11.8. The average Bonchev–Trinajstić information content (AvgIpc) is 2.90. The lowest BCUT2D eigenvalue weighted by molar-refractivity contribution is -0.144. The van der Waals surface area contributed by atoms with Crippen LogP contribution >= 0.6 is 0 Å². The summed E-state index contributed by atoms with van der Waals surface area (Å²) in [6.07, 6.45) is 1.82. The molecule has 0 saturated heterocycles. The second-order valence-corrected chi connectivity index (χ2v) is 5.00. The van der Waals surface area contributed by atoms with Gasteiger partial charge in [0.1, 0.15) is 6.04 Å². The fraction of sp³-hybridized carbons (Fsp3) is 0.333. The fourth-order valence-electron chi connectivity index (χ4n) is 2.04. The Morgan fingerprint density at radius 1 is 1.25 bits per heavy atom. The first kappa shape index (κ1) is 14.1. The van der Waals surface area contributed by atoms with E-state index in [9.17, 15) is 9.59 Å². The molecule has 0 fully saturated rings. The van der Waals surface area contributed by atoms with E-state index in [1.807, 2.05) is 32.2 Å². The van der Waals surface area contributed by atoms with E-state index in [0.29, 0.717) is 5.56 Å². The first-order valence-corrected chi connectivity index (χ1v) is 6.48. The summed E-state index contributed by atoms with van der Waals surface area (Å²) in [4.78, 5) is 26.9. The van der Waals surface area contributed by atoms with Crippen molar-refractivity contribution in [1.29, 1.82) is 0 Å². The number of carbonyl (C=O) groups excluding carboxylic acids is 2. The van der Waals surface area contributed by atoms with Gasteiger partial charge in [-0.25, -0.2) is 4.79 Å². The number of fused-ring (bicyclic) bond motifs is 1. The maximum atomic E-state index is 12.2. The number of hydrogen-bond acceptors (Lipinski definition) is 3. The molecule has 0 aliphatic carbocycles. The molecule has 5 heteroatoms. The van der Waals surface area contributed by atoms with Crippen molar-refractivity contribution < 1.29 is 14.3 Å². The van der Waals surface area contributed by atoms with Gasteiger partial charge in [0, 0.05) is 22.7 Å². The first-order valence-electron chi connectivity index (χ1n) is 6.48. The number of carbonyl (C=O) groups is 2. The number of rotatable bonds is 4. The SMILES string of the molecule is COC(=O)[C@@H](NC(=O)c1ccc2[nH]ccc2c1)C(C)C. The Morgan fingerprint density at radius 2 is 2.00 bits per heavy atom. The lowest BCUT2D eigenvalue weighted by Gasteiger charge is -2.19. The van der Waals surface area contributed by atoms with Crippen molar-refractivity contribution in [1.82, 2.24) is 10.3 Å². The maximum Gasteiger partial charge on any atom is 0.328 e. The molecule has 0 bridgehead atoms. The Kier molecular flexibility index (Phi) is 4.08. The van der Waals surface area contributed by atoms with Crippen molar-refractivity contribution in [2.75, 3.05) is 7.11 Å². The summed E-state index contributed by atoms with van der Waals surface area (Å²) in [5, 5.41) is 3.67. The standard InChI is InChI=1S/C15H18N2O3/c1-9(2)13(15(19)20-3)17-14(18)11-4-5-12-10(8-11)6-7-16-12/h4-9,13,16H,1-3H3,(H,17,18)/t13-/m0/s1. The van der Waals surface area contributed by atoms with Crippen LogP contribution in [-0.2, 0) is 9.53 Å². The molecule has 1 aromatic heterocycles. The van der Waals surface area contributed by atoms with E-state index in [1.165, 1.54) is 7.11 Å². The normalized spacial score (nSPS) is 12.4. The fourth-order valence-corrected chi connectivity index (χ4v) is 2.04. The Bertz CT molecular complexity index is 631. The van der Waals surface area contributed by atoms with Crippen LogP contribution in [0.1, 0.15) is 24.2 Å². The van der Waals surface area contributed by atoms with Crippen LogP contribution in [-0.4, -0.2) is 30.0 Å².